The summed E-state index contributed by atoms with van der Waals surface area (Å²) in [6.45, 7) is 1.70. The van der Waals surface area contributed by atoms with Gasteiger partial charge in [0.25, 0.3) is 5.92 Å². The number of likely N-dealkylation sites (tertiary alicyclic amines) is 1. The van der Waals surface area contributed by atoms with E-state index in [0.29, 0.717) is 0 Å². The lowest BCUT2D eigenvalue weighted by molar-refractivity contribution is -0.165. The molecule has 64 heavy (non-hydrogen) atoms. The number of hydrogen-bond acceptors (Lipinski definition) is 20. The van der Waals surface area contributed by atoms with Crippen molar-refractivity contribution in [2.45, 2.75) is 93.1 Å². The Morgan fingerprint density at radius 1 is 1.03 bits per heavy atom. The summed E-state index contributed by atoms with van der Waals surface area (Å²) >= 11 is 0. The Morgan fingerprint density at radius 2 is 1.67 bits per heavy atom. The van der Waals surface area contributed by atoms with Crippen LogP contribution >= 0.6 is 15.6 Å². The zero-order valence-corrected chi connectivity index (χ0v) is 35.8. The molecular formula is C34H48F2N10O16P2. The number of phosphoric acid groups is 2. The summed E-state index contributed by atoms with van der Waals surface area (Å²) in [5, 5.41) is 22.9. The molecule has 3 saturated heterocycles. The number of esters is 1. The molecule has 0 aromatic carbocycles. The molecule has 1 unspecified atom stereocenters. The standard InChI is InChI=1S/C34H48F2N10O16P2/c1-3-4-5-22(47)43(2)18(6-10-44-12-8-34(35,36)9-13-44)32(50)61-26-19(59-31(24(26)48)46-17-41-23-28(38)39-16-40-29(23)46)15-58-64(55,56)62-27-20(14-57-63(52,53)54)60-30(25(27)49)45-11-7-21(37)42-33(45)51/h3,7,11,16-20,24-27,30-31,48-49H,1,4-6,8-10,12-15H2,2H3,(H,55,56)(H2,37,42,51)(H2,38,39,40)(H2,52,53,54)/t18-,19+,20+,24+,25+,26+,27+,30+,31+/m0/s1. The van der Waals surface area contributed by atoms with E-state index in [0.717, 1.165) is 28.1 Å². The van der Waals surface area contributed by atoms with E-state index in [4.69, 9.17) is 34.7 Å². The number of aromatic nitrogens is 6. The number of imidazole rings is 1. The van der Waals surface area contributed by atoms with Gasteiger partial charge in [0.15, 0.2) is 30.0 Å². The molecule has 3 aliphatic rings. The molecule has 0 saturated carbocycles. The molecule has 6 rings (SSSR count). The molecule has 9 N–H and O–H groups in total. The van der Waals surface area contributed by atoms with Gasteiger partial charge < -0.3 is 60.4 Å². The van der Waals surface area contributed by atoms with E-state index in [2.05, 4.69) is 31.0 Å². The summed E-state index contributed by atoms with van der Waals surface area (Å²) in [6.07, 6.45) is -10.00. The van der Waals surface area contributed by atoms with Gasteiger partial charge >= 0.3 is 27.3 Å². The fourth-order valence-corrected chi connectivity index (χ4v) is 8.61. The van der Waals surface area contributed by atoms with Gasteiger partial charge in [-0.15, -0.1) is 6.58 Å². The minimum absolute atomic E-state index is 0.0224. The number of hydrogen-bond donors (Lipinski definition) is 7. The lowest BCUT2D eigenvalue weighted by atomic mass is 10.1. The topological polar surface area (TPSA) is 362 Å². The number of anilines is 2. The molecule has 3 fully saturated rings. The van der Waals surface area contributed by atoms with Crippen molar-refractivity contribution >= 4 is 50.3 Å². The number of carbonyl (C=O) groups excluding carboxylic acids is 2. The molecule has 3 aromatic rings. The zero-order chi connectivity index (χ0) is 46.7. The van der Waals surface area contributed by atoms with E-state index in [1.54, 1.807) is 4.90 Å². The number of likely N-dealkylation sites (N-methyl/N-ethyl adjacent to an activating group) is 1. The van der Waals surface area contributed by atoms with E-state index < -0.39 is 120 Å². The second-order valence-corrected chi connectivity index (χ2v) is 17.7. The van der Waals surface area contributed by atoms with E-state index in [1.165, 1.54) is 24.0 Å². The highest BCUT2D eigenvalue weighted by molar-refractivity contribution is 7.47. The summed E-state index contributed by atoms with van der Waals surface area (Å²) in [5.41, 5.74) is 10.6. The van der Waals surface area contributed by atoms with Crippen LogP contribution in [0.4, 0.5) is 20.4 Å². The maximum Gasteiger partial charge on any atom is 0.472 e. The molecule has 0 bridgehead atoms. The van der Waals surface area contributed by atoms with Crippen LogP contribution in [0.15, 0.2) is 42.4 Å². The van der Waals surface area contributed by atoms with E-state index in [1.807, 2.05) is 0 Å². The van der Waals surface area contributed by atoms with Crippen LogP contribution < -0.4 is 17.2 Å². The maximum absolute atomic E-state index is 14.1. The Kier molecular flexibility index (Phi) is 15.3. The summed E-state index contributed by atoms with van der Waals surface area (Å²) in [4.78, 5) is 88.1. The second kappa shape index (κ2) is 20.0. The number of carbonyl (C=O) groups is 2. The Balaban J connectivity index is 1.25. The van der Waals surface area contributed by atoms with Crippen molar-refractivity contribution in [1.82, 2.24) is 38.9 Å². The number of rotatable bonds is 19. The molecule has 6 heterocycles. The van der Waals surface area contributed by atoms with Crippen molar-refractivity contribution in [2.24, 2.45) is 0 Å². The van der Waals surface area contributed by atoms with Crippen molar-refractivity contribution in [3.63, 3.8) is 0 Å². The summed E-state index contributed by atoms with van der Waals surface area (Å²) in [5.74, 6) is -4.64. The molecule has 3 aromatic heterocycles. The summed E-state index contributed by atoms with van der Waals surface area (Å²) in [6, 6.07) is -0.179. The molecule has 0 radical (unpaired) electrons. The average molecular weight is 953 g/mol. The molecule has 3 aliphatic heterocycles. The van der Waals surface area contributed by atoms with Gasteiger partial charge in [-0.2, -0.15) is 4.98 Å². The molecular weight excluding hydrogens is 904 g/mol. The molecule has 0 aliphatic carbocycles. The first kappa shape index (κ1) is 49.0. The van der Waals surface area contributed by atoms with Crippen molar-refractivity contribution in [1.29, 1.82) is 0 Å². The molecule has 26 nitrogen and oxygen atoms in total. The minimum atomic E-state index is -5.46. The van der Waals surface area contributed by atoms with E-state index >= 15 is 0 Å². The SMILES string of the molecule is C=CCCC(=O)N(C)[C@@H](CCN1CCC(F)(F)CC1)C(=O)O[C@H]1[C@@H](O)[C@H](n2cnc3c(N)ncnc32)O[C@@H]1COP(=O)(O)O[C@H]1[C@@H](O)[C@H](n2ccc(N)nc2=O)O[C@@H]1COP(=O)(O)O. The van der Waals surface area contributed by atoms with Gasteiger partial charge in [0.2, 0.25) is 5.91 Å². The first-order valence-corrected chi connectivity index (χ1v) is 22.6. The summed E-state index contributed by atoms with van der Waals surface area (Å²) in [7, 11) is -9.31. The number of alkyl halides is 2. The van der Waals surface area contributed by atoms with Crippen LogP contribution in [0, 0.1) is 0 Å². The minimum Gasteiger partial charge on any atom is -0.455 e. The Hall–Kier alpha value is -4.41. The second-order valence-electron chi connectivity index (χ2n) is 15.1. The molecule has 1 amide bonds. The highest BCUT2D eigenvalue weighted by Gasteiger charge is 2.52. The number of aliphatic hydroxyl groups excluding tert-OH is 2. The Labute approximate surface area is 361 Å². The third kappa shape index (κ3) is 11.7. The van der Waals surface area contributed by atoms with Crippen molar-refractivity contribution in [2.75, 3.05) is 51.4 Å². The average Bonchev–Trinajstić information content (AvgIpc) is 3.88. The number of ether oxygens (including phenoxy) is 3. The van der Waals surface area contributed by atoms with Crippen LogP contribution in [0.2, 0.25) is 0 Å². The Morgan fingerprint density at radius 3 is 2.33 bits per heavy atom. The van der Waals surface area contributed by atoms with Crippen molar-refractivity contribution in [3.05, 3.63) is 48.1 Å². The largest absolute Gasteiger partial charge is 0.472 e. The predicted molar refractivity (Wildman–Crippen MR) is 212 cm³/mol. The molecule has 10 atom stereocenters. The predicted octanol–water partition coefficient (Wildman–Crippen LogP) is -0.798. The number of nitrogen functional groups attached to an aromatic ring is 2. The van der Waals surface area contributed by atoms with Crippen LogP contribution in [0.1, 0.15) is 44.6 Å². The third-order valence-corrected chi connectivity index (χ3v) is 12.2. The van der Waals surface area contributed by atoms with Gasteiger partial charge in [-0.3, -0.25) is 27.5 Å². The lowest BCUT2D eigenvalue weighted by Gasteiger charge is -2.34. The molecule has 354 valence electrons. The smallest absolute Gasteiger partial charge is 0.455 e. The number of amides is 1. The van der Waals surface area contributed by atoms with Crippen LogP contribution in [0.25, 0.3) is 11.2 Å². The number of piperidine rings is 1. The molecule has 30 heteroatoms. The number of allylic oxidation sites excluding steroid dienone is 1. The number of phosphoric ester groups is 2. The van der Waals surface area contributed by atoms with Crippen molar-refractivity contribution < 1.29 is 80.2 Å². The van der Waals surface area contributed by atoms with Crippen LogP contribution in [0.5, 0.6) is 0 Å². The number of halogens is 2. The highest BCUT2D eigenvalue weighted by atomic mass is 31.2. The van der Waals surface area contributed by atoms with E-state index in [9.17, 15) is 57.2 Å². The quantitative estimate of drug-likeness (QED) is 0.0439. The van der Waals surface area contributed by atoms with Crippen LogP contribution in [-0.4, -0.2) is 164 Å². The van der Waals surface area contributed by atoms with Crippen LogP contribution in [-0.2, 0) is 46.5 Å². The monoisotopic (exact) mass is 952 g/mol. The van der Waals surface area contributed by atoms with E-state index in [-0.39, 0.29) is 61.7 Å². The van der Waals surface area contributed by atoms with Crippen LogP contribution in [0.3, 0.4) is 0 Å². The van der Waals surface area contributed by atoms with Gasteiger partial charge in [-0.1, -0.05) is 6.08 Å². The normalized spacial score (nSPS) is 27.6. The zero-order valence-electron chi connectivity index (χ0n) is 34.0. The number of nitrogens with zero attached hydrogens (tertiary/aromatic N) is 8. The third-order valence-electron chi connectivity index (χ3n) is 10.7. The lowest BCUT2D eigenvalue weighted by Crippen LogP contribution is -2.49. The first-order chi connectivity index (χ1) is 30.1. The van der Waals surface area contributed by atoms with Gasteiger partial charge in [0, 0.05) is 52.1 Å². The fourth-order valence-electron chi connectivity index (χ4n) is 7.31. The van der Waals surface area contributed by atoms with Gasteiger partial charge in [0.1, 0.15) is 54.2 Å². The number of nitrogens with two attached hydrogens (primary N) is 2. The maximum atomic E-state index is 14.1. The van der Waals surface area contributed by atoms with Gasteiger partial charge in [-0.25, -0.2) is 42.5 Å². The number of fused-ring (bicyclic) bond motifs is 1. The Bertz CT molecular complexity index is 2310. The molecule has 0 spiro atoms. The first-order valence-electron chi connectivity index (χ1n) is 19.6. The fraction of sp³-hybridized carbons (Fsp3) is 0.618. The van der Waals surface area contributed by atoms with Gasteiger partial charge in [-0.05, 0) is 18.9 Å². The summed E-state index contributed by atoms with van der Waals surface area (Å²) < 4.78 is 87.4. The van der Waals surface area contributed by atoms with Crippen molar-refractivity contribution in [3.8, 4) is 0 Å². The van der Waals surface area contributed by atoms with Gasteiger partial charge in [0.05, 0.1) is 19.5 Å². The number of aliphatic hydroxyl groups is 2. The highest BCUT2D eigenvalue weighted by Crippen LogP contribution is 2.50.